The Hall–Kier alpha value is -2.47. The summed E-state index contributed by atoms with van der Waals surface area (Å²) in [7, 11) is 0. The molecule has 23 heavy (non-hydrogen) atoms. The number of carbonyl (C=O) groups excluding carboxylic acids is 2. The number of fused-ring (bicyclic) bond motifs is 1. The Morgan fingerprint density at radius 1 is 1.22 bits per heavy atom. The van der Waals surface area contributed by atoms with E-state index in [1.165, 1.54) is 0 Å². The smallest absolute Gasteiger partial charge is 0.224 e. The maximum atomic E-state index is 12.2. The number of carbonyl (C=O) groups is 2. The molecule has 0 atom stereocenters. The first kappa shape index (κ1) is 15.4. The highest BCUT2D eigenvalue weighted by Gasteiger charge is 2.14. The molecule has 0 aliphatic rings. The number of amides is 1. The van der Waals surface area contributed by atoms with Gasteiger partial charge in [-0.3, -0.25) is 14.7 Å². The van der Waals surface area contributed by atoms with Gasteiger partial charge in [-0.2, -0.15) is 5.10 Å². The average molecular weight is 327 g/mol. The standard InChI is InChI=1S/C17H17N3O2S/c1-10-7-14(11(2)23-10)16(21)5-6-17(22)19-13-3-4-15-12(8-13)9-18-20-15/h3-4,7-9H,5-6H2,1-2H3,(H,18,20)(H,19,22). The molecule has 5 nitrogen and oxygen atoms in total. The lowest BCUT2D eigenvalue weighted by molar-refractivity contribution is -0.116. The summed E-state index contributed by atoms with van der Waals surface area (Å²) in [6.45, 7) is 3.91. The van der Waals surface area contributed by atoms with Crippen LogP contribution < -0.4 is 5.32 Å². The van der Waals surface area contributed by atoms with Crippen molar-refractivity contribution in [3.8, 4) is 0 Å². The molecule has 1 amide bonds. The molecular weight excluding hydrogens is 310 g/mol. The van der Waals surface area contributed by atoms with Crippen LogP contribution in [0.3, 0.4) is 0 Å². The third-order valence-electron chi connectivity index (χ3n) is 3.64. The molecular formula is C17H17N3O2S. The highest BCUT2D eigenvalue weighted by molar-refractivity contribution is 7.12. The van der Waals surface area contributed by atoms with Crippen molar-refractivity contribution < 1.29 is 9.59 Å². The Balaban J connectivity index is 1.58. The quantitative estimate of drug-likeness (QED) is 0.699. The van der Waals surface area contributed by atoms with Crippen LogP contribution in [-0.4, -0.2) is 21.9 Å². The van der Waals surface area contributed by atoms with Gasteiger partial charge in [0.15, 0.2) is 5.78 Å². The van der Waals surface area contributed by atoms with E-state index in [-0.39, 0.29) is 24.5 Å². The second-order valence-corrected chi connectivity index (χ2v) is 6.93. The van der Waals surface area contributed by atoms with Gasteiger partial charge in [0.25, 0.3) is 0 Å². The summed E-state index contributed by atoms with van der Waals surface area (Å²) in [6, 6.07) is 7.42. The highest BCUT2D eigenvalue weighted by Crippen LogP contribution is 2.22. The number of thiophene rings is 1. The molecule has 0 saturated carbocycles. The van der Waals surface area contributed by atoms with Crippen molar-refractivity contribution in [1.82, 2.24) is 10.2 Å². The van der Waals surface area contributed by atoms with Crippen LogP contribution in [-0.2, 0) is 4.79 Å². The minimum absolute atomic E-state index is 0.0206. The lowest BCUT2D eigenvalue weighted by Gasteiger charge is -2.05. The van der Waals surface area contributed by atoms with Crippen molar-refractivity contribution in [3.63, 3.8) is 0 Å². The molecule has 0 radical (unpaired) electrons. The van der Waals surface area contributed by atoms with Gasteiger partial charge >= 0.3 is 0 Å². The molecule has 118 valence electrons. The summed E-state index contributed by atoms with van der Waals surface area (Å²) >= 11 is 1.61. The normalized spacial score (nSPS) is 10.9. The molecule has 3 aromatic rings. The van der Waals surface area contributed by atoms with E-state index in [0.717, 1.165) is 26.2 Å². The summed E-state index contributed by atoms with van der Waals surface area (Å²) in [5, 5.41) is 10.6. The van der Waals surface area contributed by atoms with Gasteiger partial charge in [0, 0.05) is 39.2 Å². The lowest BCUT2D eigenvalue weighted by Crippen LogP contribution is -2.13. The zero-order chi connectivity index (χ0) is 16.4. The van der Waals surface area contributed by atoms with Crippen LogP contribution in [0.15, 0.2) is 30.5 Å². The largest absolute Gasteiger partial charge is 0.326 e. The molecule has 0 fully saturated rings. The van der Waals surface area contributed by atoms with Gasteiger partial charge in [0.1, 0.15) is 0 Å². The molecule has 2 aromatic heterocycles. The van der Waals surface area contributed by atoms with Gasteiger partial charge in [-0.05, 0) is 38.1 Å². The van der Waals surface area contributed by atoms with Gasteiger partial charge in [-0.1, -0.05) is 0 Å². The maximum Gasteiger partial charge on any atom is 0.224 e. The van der Waals surface area contributed by atoms with Crippen LogP contribution in [0.5, 0.6) is 0 Å². The minimum Gasteiger partial charge on any atom is -0.326 e. The molecule has 0 bridgehead atoms. The van der Waals surface area contributed by atoms with Gasteiger partial charge in [0.05, 0.1) is 11.7 Å². The van der Waals surface area contributed by atoms with Gasteiger partial charge in [0.2, 0.25) is 5.91 Å². The summed E-state index contributed by atoms with van der Waals surface area (Å²) in [5.41, 5.74) is 2.36. The number of aromatic amines is 1. The Bertz CT molecular complexity index is 879. The highest BCUT2D eigenvalue weighted by atomic mass is 32.1. The number of rotatable bonds is 5. The Morgan fingerprint density at radius 2 is 2.04 bits per heavy atom. The summed E-state index contributed by atoms with van der Waals surface area (Å²) in [5.74, 6) is -0.141. The van der Waals surface area contributed by atoms with E-state index in [9.17, 15) is 9.59 Å². The predicted molar refractivity (Wildman–Crippen MR) is 92.1 cm³/mol. The number of hydrogen-bond donors (Lipinski definition) is 2. The SMILES string of the molecule is Cc1cc(C(=O)CCC(=O)Nc2ccc3[nH]ncc3c2)c(C)s1. The molecule has 3 rings (SSSR count). The second kappa shape index (κ2) is 6.34. The second-order valence-electron chi connectivity index (χ2n) is 5.47. The fraction of sp³-hybridized carbons (Fsp3) is 0.235. The third-order valence-corrected chi connectivity index (χ3v) is 4.61. The van der Waals surface area contributed by atoms with Crippen LogP contribution >= 0.6 is 11.3 Å². The number of benzene rings is 1. The van der Waals surface area contributed by atoms with Crippen molar-refractivity contribution in [3.05, 3.63) is 45.8 Å². The number of ketones is 1. The number of nitrogens with one attached hydrogen (secondary N) is 2. The molecule has 0 saturated heterocycles. The minimum atomic E-state index is -0.161. The van der Waals surface area contributed by atoms with Crippen molar-refractivity contribution in [2.75, 3.05) is 5.32 Å². The van der Waals surface area contributed by atoms with Crippen molar-refractivity contribution in [1.29, 1.82) is 0 Å². The van der Waals surface area contributed by atoms with Crippen LogP contribution in [0.25, 0.3) is 10.9 Å². The molecule has 2 heterocycles. The predicted octanol–water partition coefficient (Wildman–Crippen LogP) is 3.84. The zero-order valence-corrected chi connectivity index (χ0v) is 13.8. The van der Waals surface area contributed by atoms with Crippen molar-refractivity contribution in [2.24, 2.45) is 0 Å². The van der Waals surface area contributed by atoms with E-state index in [2.05, 4.69) is 15.5 Å². The van der Waals surface area contributed by atoms with Crippen LogP contribution in [0.2, 0.25) is 0 Å². The fourth-order valence-corrected chi connectivity index (χ4v) is 3.46. The summed E-state index contributed by atoms with van der Waals surface area (Å²) in [4.78, 5) is 26.3. The number of anilines is 1. The average Bonchev–Trinajstić information content (AvgIpc) is 3.10. The summed E-state index contributed by atoms with van der Waals surface area (Å²) in [6.07, 6.45) is 2.10. The van der Waals surface area contributed by atoms with Crippen LogP contribution in [0.4, 0.5) is 5.69 Å². The maximum absolute atomic E-state index is 12.2. The number of Topliss-reactive ketones (excluding diaryl/α,β-unsaturated/α-hetero) is 1. The number of hydrogen-bond acceptors (Lipinski definition) is 4. The first-order valence-corrected chi connectivity index (χ1v) is 8.18. The van der Waals surface area contributed by atoms with Gasteiger partial charge in [-0.25, -0.2) is 0 Å². The fourth-order valence-electron chi connectivity index (χ4n) is 2.51. The van der Waals surface area contributed by atoms with Gasteiger partial charge < -0.3 is 5.32 Å². The molecule has 2 N–H and O–H groups in total. The van der Waals surface area contributed by atoms with E-state index in [1.54, 1.807) is 17.5 Å². The van der Waals surface area contributed by atoms with E-state index in [0.29, 0.717) is 5.69 Å². The van der Waals surface area contributed by atoms with Gasteiger partial charge in [-0.15, -0.1) is 11.3 Å². The summed E-state index contributed by atoms with van der Waals surface area (Å²) < 4.78 is 0. The number of H-pyrrole nitrogens is 1. The van der Waals surface area contributed by atoms with Crippen molar-refractivity contribution >= 4 is 39.6 Å². The number of nitrogens with zero attached hydrogens (tertiary/aromatic N) is 1. The Morgan fingerprint density at radius 3 is 2.78 bits per heavy atom. The first-order chi connectivity index (χ1) is 11.0. The van der Waals surface area contributed by atoms with E-state index < -0.39 is 0 Å². The molecule has 0 unspecified atom stereocenters. The topological polar surface area (TPSA) is 74.8 Å². The Labute approximate surface area is 137 Å². The molecule has 1 aromatic carbocycles. The van der Waals surface area contributed by atoms with E-state index >= 15 is 0 Å². The molecule has 0 aliphatic heterocycles. The number of aryl methyl sites for hydroxylation is 2. The van der Waals surface area contributed by atoms with E-state index in [1.807, 2.05) is 38.1 Å². The first-order valence-electron chi connectivity index (χ1n) is 7.36. The Kier molecular flexibility index (Phi) is 4.25. The molecule has 0 spiro atoms. The molecule has 0 aliphatic carbocycles. The van der Waals surface area contributed by atoms with E-state index in [4.69, 9.17) is 0 Å². The molecule has 6 heteroatoms. The zero-order valence-electron chi connectivity index (χ0n) is 13.0. The van der Waals surface area contributed by atoms with Crippen LogP contribution in [0.1, 0.15) is 33.0 Å². The van der Waals surface area contributed by atoms with Crippen LogP contribution in [0, 0.1) is 13.8 Å². The third kappa shape index (κ3) is 3.48. The van der Waals surface area contributed by atoms with Crippen molar-refractivity contribution in [2.45, 2.75) is 26.7 Å². The lowest BCUT2D eigenvalue weighted by atomic mass is 10.1. The number of aromatic nitrogens is 2. The monoisotopic (exact) mass is 327 g/mol.